The molecule has 0 spiro atoms. The summed E-state index contributed by atoms with van der Waals surface area (Å²) in [5, 5.41) is 3.85. The van der Waals surface area contributed by atoms with Crippen LogP contribution in [0.2, 0.25) is 0 Å². The minimum Gasteiger partial charge on any atom is -0.489 e. The molecule has 1 aromatic carbocycles. The number of esters is 1. The lowest BCUT2D eigenvalue weighted by molar-refractivity contribution is -0.129. The molecule has 0 atom stereocenters. The van der Waals surface area contributed by atoms with E-state index in [2.05, 4.69) is 16.0 Å². The molecule has 0 fully saturated rings. The van der Waals surface area contributed by atoms with E-state index in [4.69, 9.17) is 14.0 Å². The molecular formula is C17H19N3O6. The van der Waals surface area contributed by atoms with Gasteiger partial charge in [-0.2, -0.15) is 0 Å². The first kappa shape index (κ1) is 19.0. The number of ether oxygens (including phenoxy) is 2. The molecule has 0 bridgehead atoms. The maximum Gasteiger partial charge on any atom is 0.338 e. The van der Waals surface area contributed by atoms with Gasteiger partial charge in [0.05, 0.1) is 16.8 Å². The fraction of sp³-hybridized carbons (Fsp3) is 0.294. The number of carbonyl (C=O) groups is 3. The van der Waals surface area contributed by atoms with Gasteiger partial charge in [0.2, 0.25) is 5.91 Å². The van der Waals surface area contributed by atoms with Crippen LogP contribution in [-0.2, 0) is 20.9 Å². The SMILES string of the molecule is CC(=O)NNC(=O)COC(=O)c1ccc(OCc2c(C)noc2C)cc1. The fourth-order valence-corrected chi connectivity index (χ4v) is 1.96. The van der Waals surface area contributed by atoms with E-state index < -0.39 is 24.4 Å². The van der Waals surface area contributed by atoms with Crippen molar-refractivity contribution in [2.24, 2.45) is 0 Å². The lowest BCUT2D eigenvalue weighted by atomic mass is 10.2. The van der Waals surface area contributed by atoms with E-state index in [0.29, 0.717) is 18.1 Å². The zero-order valence-corrected chi connectivity index (χ0v) is 14.6. The highest BCUT2D eigenvalue weighted by Gasteiger charge is 2.12. The second kappa shape index (κ2) is 8.65. The predicted octanol–water partition coefficient (Wildman–Crippen LogP) is 1.19. The Bertz CT molecular complexity index is 778. The minimum absolute atomic E-state index is 0.266. The number of hydrogen-bond donors (Lipinski definition) is 2. The molecule has 2 N–H and O–H groups in total. The molecule has 2 amide bonds. The average Bonchev–Trinajstić information content (AvgIpc) is 2.94. The first-order valence-electron chi connectivity index (χ1n) is 7.74. The third kappa shape index (κ3) is 5.33. The largest absolute Gasteiger partial charge is 0.489 e. The average molecular weight is 361 g/mol. The number of aryl methyl sites for hydroxylation is 2. The number of carbonyl (C=O) groups excluding carboxylic acids is 3. The van der Waals surface area contributed by atoms with Gasteiger partial charge in [-0.3, -0.25) is 20.4 Å². The van der Waals surface area contributed by atoms with E-state index in [1.807, 2.05) is 6.92 Å². The van der Waals surface area contributed by atoms with Gasteiger partial charge >= 0.3 is 5.97 Å². The molecule has 138 valence electrons. The van der Waals surface area contributed by atoms with E-state index in [1.54, 1.807) is 19.1 Å². The molecule has 9 nitrogen and oxygen atoms in total. The van der Waals surface area contributed by atoms with Gasteiger partial charge in [-0.1, -0.05) is 5.16 Å². The maximum atomic E-state index is 11.9. The molecule has 0 aliphatic rings. The number of rotatable bonds is 6. The molecule has 26 heavy (non-hydrogen) atoms. The maximum absolute atomic E-state index is 11.9. The molecule has 1 aromatic heterocycles. The van der Waals surface area contributed by atoms with Crippen molar-refractivity contribution >= 4 is 17.8 Å². The van der Waals surface area contributed by atoms with Crippen LogP contribution in [0.5, 0.6) is 5.75 Å². The van der Waals surface area contributed by atoms with Crippen LogP contribution >= 0.6 is 0 Å². The first-order chi connectivity index (χ1) is 12.4. The summed E-state index contributed by atoms with van der Waals surface area (Å²) in [4.78, 5) is 33.9. The van der Waals surface area contributed by atoms with Crippen LogP contribution in [0, 0.1) is 13.8 Å². The number of hydrogen-bond acceptors (Lipinski definition) is 7. The van der Waals surface area contributed by atoms with Crippen molar-refractivity contribution in [1.82, 2.24) is 16.0 Å². The summed E-state index contributed by atoms with van der Waals surface area (Å²) in [5.41, 5.74) is 6.08. The normalized spacial score (nSPS) is 10.1. The number of nitrogens with one attached hydrogen (secondary N) is 2. The summed E-state index contributed by atoms with van der Waals surface area (Å²) < 4.78 is 15.6. The summed E-state index contributed by atoms with van der Waals surface area (Å²) in [6, 6.07) is 6.28. The Balaban J connectivity index is 1.83. The zero-order valence-electron chi connectivity index (χ0n) is 14.6. The topological polar surface area (TPSA) is 120 Å². The molecule has 0 unspecified atom stereocenters. The van der Waals surface area contributed by atoms with Gasteiger partial charge in [-0.15, -0.1) is 0 Å². The number of benzene rings is 1. The van der Waals surface area contributed by atoms with Gasteiger partial charge in [-0.05, 0) is 38.1 Å². The van der Waals surface area contributed by atoms with Crippen molar-refractivity contribution in [3.63, 3.8) is 0 Å². The van der Waals surface area contributed by atoms with Gasteiger partial charge in [0.15, 0.2) is 6.61 Å². The van der Waals surface area contributed by atoms with Crippen LogP contribution in [0.25, 0.3) is 0 Å². The minimum atomic E-state index is -0.666. The molecule has 0 saturated carbocycles. The Hall–Kier alpha value is -3.36. The van der Waals surface area contributed by atoms with Gasteiger partial charge in [0.25, 0.3) is 5.91 Å². The third-order valence-corrected chi connectivity index (χ3v) is 3.37. The summed E-state index contributed by atoms with van der Waals surface area (Å²) in [5.74, 6) is -0.491. The summed E-state index contributed by atoms with van der Waals surface area (Å²) in [6.45, 7) is 4.66. The molecule has 0 radical (unpaired) electrons. The fourth-order valence-electron chi connectivity index (χ4n) is 1.96. The molecular weight excluding hydrogens is 342 g/mol. The Labute approximate surface area is 149 Å². The van der Waals surface area contributed by atoms with Crippen molar-refractivity contribution in [3.05, 3.63) is 46.8 Å². The third-order valence-electron chi connectivity index (χ3n) is 3.37. The van der Waals surface area contributed by atoms with Crippen molar-refractivity contribution in [2.45, 2.75) is 27.4 Å². The second-order valence-electron chi connectivity index (χ2n) is 5.42. The smallest absolute Gasteiger partial charge is 0.338 e. The van der Waals surface area contributed by atoms with Crippen LogP contribution in [0.3, 0.4) is 0 Å². The van der Waals surface area contributed by atoms with Crippen molar-refractivity contribution in [2.75, 3.05) is 6.61 Å². The quantitative estimate of drug-likeness (QED) is 0.586. The van der Waals surface area contributed by atoms with Gasteiger partial charge in [0, 0.05) is 6.92 Å². The highest BCUT2D eigenvalue weighted by Crippen LogP contribution is 2.18. The van der Waals surface area contributed by atoms with Crippen molar-refractivity contribution in [1.29, 1.82) is 0 Å². The molecule has 2 aromatic rings. The van der Waals surface area contributed by atoms with Crippen LogP contribution in [0.1, 0.15) is 34.3 Å². The number of hydrazine groups is 1. The molecule has 1 heterocycles. The Kier molecular flexibility index (Phi) is 6.31. The molecule has 0 saturated heterocycles. The Morgan fingerprint density at radius 1 is 1.12 bits per heavy atom. The van der Waals surface area contributed by atoms with E-state index in [9.17, 15) is 14.4 Å². The second-order valence-corrected chi connectivity index (χ2v) is 5.42. The standard InChI is InChI=1S/C17H19N3O6/c1-10-15(11(2)26-20-10)8-24-14-6-4-13(5-7-14)17(23)25-9-16(22)19-18-12(3)21/h4-7H,8-9H2,1-3H3,(H,18,21)(H,19,22). The highest BCUT2D eigenvalue weighted by molar-refractivity contribution is 5.91. The van der Waals surface area contributed by atoms with Crippen LogP contribution < -0.4 is 15.6 Å². The van der Waals surface area contributed by atoms with Crippen molar-refractivity contribution < 1.29 is 28.4 Å². The van der Waals surface area contributed by atoms with Crippen LogP contribution in [0.4, 0.5) is 0 Å². The lowest BCUT2D eigenvalue weighted by Crippen LogP contribution is -2.42. The zero-order chi connectivity index (χ0) is 19.1. The highest BCUT2D eigenvalue weighted by atomic mass is 16.5. The van der Waals surface area contributed by atoms with Gasteiger partial charge in [0.1, 0.15) is 18.1 Å². The van der Waals surface area contributed by atoms with E-state index in [-0.39, 0.29) is 5.56 Å². The lowest BCUT2D eigenvalue weighted by Gasteiger charge is -2.08. The van der Waals surface area contributed by atoms with E-state index >= 15 is 0 Å². The monoisotopic (exact) mass is 361 g/mol. The Morgan fingerprint density at radius 2 is 1.81 bits per heavy atom. The number of amides is 2. The number of aromatic nitrogens is 1. The van der Waals surface area contributed by atoms with Crippen LogP contribution in [-0.4, -0.2) is 29.5 Å². The summed E-state index contributed by atoms with van der Waals surface area (Å²) >= 11 is 0. The number of nitrogens with zero attached hydrogens (tertiary/aromatic N) is 1. The van der Waals surface area contributed by atoms with E-state index in [0.717, 1.165) is 11.3 Å². The molecule has 0 aliphatic carbocycles. The van der Waals surface area contributed by atoms with Crippen LogP contribution in [0.15, 0.2) is 28.8 Å². The Morgan fingerprint density at radius 3 is 2.38 bits per heavy atom. The predicted molar refractivity (Wildman–Crippen MR) is 89.0 cm³/mol. The summed E-state index contributed by atoms with van der Waals surface area (Å²) in [6.07, 6.45) is 0. The molecule has 9 heteroatoms. The first-order valence-corrected chi connectivity index (χ1v) is 7.74. The summed E-state index contributed by atoms with van der Waals surface area (Å²) in [7, 11) is 0. The van der Waals surface area contributed by atoms with Crippen molar-refractivity contribution in [3.8, 4) is 5.75 Å². The van der Waals surface area contributed by atoms with Gasteiger partial charge < -0.3 is 14.0 Å². The van der Waals surface area contributed by atoms with E-state index in [1.165, 1.54) is 19.1 Å². The van der Waals surface area contributed by atoms with Gasteiger partial charge in [-0.25, -0.2) is 4.79 Å². The molecule has 0 aliphatic heterocycles. The molecule has 2 rings (SSSR count).